The van der Waals surface area contributed by atoms with Crippen molar-refractivity contribution in [1.82, 2.24) is 9.97 Å². The lowest BCUT2D eigenvalue weighted by Gasteiger charge is -2.38. The zero-order chi connectivity index (χ0) is 17.3. The molecule has 2 aromatic rings. The molecule has 2 aliphatic rings. The number of hydrogen-bond donors (Lipinski definition) is 1. The van der Waals surface area contributed by atoms with Gasteiger partial charge in [-0.15, -0.1) is 0 Å². The van der Waals surface area contributed by atoms with Crippen molar-refractivity contribution in [3.63, 3.8) is 0 Å². The normalized spacial score (nSPS) is 19.4. The Morgan fingerprint density at radius 1 is 1.16 bits per heavy atom. The molecule has 4 rings (SSSR count). The minimum Gasteiger partial charge on any atom is -0.356 e. The van der Waals surface area contributed by atoms with E-state index in [1.165, 1.54) is 12.1 Å². The molecule has 1 spiro atoms. The minimum atomic E-state index is -0.458. The molecule has 0 atom stereocenters. The Labute approximate surface area is 149 Å². The summed E-state index contributed by atoms with van der Waals surface area (Å²) in [6.45, 7) is 2.95. The van der Waals surface area contributed by atoms with Gasteiger partial charge in [0, 0.05) is 37.8 Å². The van der Waals surface area contributed by atoms with Gasteiger partial charge >= 0.3 is 0 Å². The first-order valence-electron chi connectivity index (χ1n) is 8.22. The third-order valence-electron chi connectivity index (χ3n) is 4.48. The molecule has 0 radical (unpaired) electrons. The van der Waals surface area contributed by atoms with E-state index >= 15 is 0 Å². The Hall–Kier alpha value is -1.96. The summed E-state index contributed by atoms with van der Waals surface area (Å²) in [7, 11) is 0. The summed E-state index contributed by atoms with van der Waals surface area (Å²) in [6, 6.07) is 6.28. The van der Waals surface area contributed by atoms with Gasteiger partial charge in [0.05, 0.1) is 18.2 Å². The number of ether oxygens (including phenoxy) is 2. The molecular formula is C17H18ClFN4O2. The highest BCUT2D eigenvalue weighted by atomic mass is 35.5. The predicted molar refractivity (Wildman–Crippen MR) is 92.8 cm³/mol. The van der Waals surface area contributed by atoms with Gasteiger partial charge in [0.15, 0.2) is 5.79 Å². The van der Waals surface area contributed by atoms with Crippen LogP contribution in [0.15, 0.2) is 30.5 Å². The highest BCUT2D eigenvalue weighted by Gasteiger charge is 2.40. The molecule has 2 fully saturated rings. The van der Waals surface area contributed by atoms with E-state index in [1.54, 1.807) is 12.3 Å². The van der Waals surface area contributed by atoms with Gasteiger partial charge in [-0.1, -0.05) is 11.6 Å². The van der Waals surface area contributed by atoms with Crippen LogP contribution in [-0.4, -0.2) is 42.1 Å². The minimum absolute atomic E-state index is 0.0547. The third kappa shape index (κ3) is 3.53. The lowest BCUT2D eigenvalue weighted by atomic mass is 10.0. The molecule has 6 nitrogen and oxygen atoms in total. The van der Waals surface area contributed by atoms with Crippen LogP contribution in [-0.2, 0) is 9.47 Å². The quantitative estimate of drug-likeness (QED) is 0.901. The monoisotopic (exact) mass is 364 g/mol. The number of anilines is 3. The van der Waals surface area contributed by atoms with Gasteiger partial charge in [0.2, 0.25) is 5.95 Å². The van der Waals surface area contributed by atoms with Crippen LogP contribution < -0.4 is 10.2 Å². The van der Waals surface area contributed by atoms with Crippen LogP contribution >= 0.6 is 11.6 Å². The first kappa shape index (κ1) is 16.5. The fourth-order valence-corrected chi connectivity index (χ4v) is 3.33. The highest BCUT2D eigenvalue weighted by molar-refractivity contribution is 6.31. The Morgan fingerprint density at radius 2 is 1.92 bits per heavy atom. The van der Waals surface area contributed by atoms with Gasteiger partial charge in [-0.05, 0) is 24.3 Å². The molecule has 1 N–H and O–H groups in total. The third-order valence-corrected chi connectivity index (χ3v) is 4.77. The number of aromatic nitrogens is 2. The number of halogens is 2. The summed E-state index contributed by atoms with van der Waals surface area (Å²) >= 11 is 5.80. The van der Waals surface area contributed by atoms with Crippen molar-refractivity contribution in [3.8, 4) is 0 Å². The Morgan fingerprint density at radius 3 is 2.64 bits per heavy atom. The van der Waals surface area contributed by atoms with E-state index in [2.05, 4.69) is 20.2 Å². The van der Waals surface area contributed by atoms with Crippen molar-refractivity contribution in [2.24, 2.45) is 0 Å². The first-order valence-corrected chi connectivity index (χ1v) is 8.59. The second kappa shape index (κ2) is 6.74. The Kier molecular flexibility index (Phi) is 4.45. The van der Waals surface area contributed by atoms with E-state index in [4.69, 9.17) is 21.1 Å². The molecular weight excluding hydrogens is 347 g/mol. The smallest absolute Gasteiger partial charge is 0.229 e. The first-order chi connectivity index (χ1) is 12.1. The molecule has 25 heavy (non-hydrogen) atoms. The van der Waals surface area contributed by atoms with Crippen LogP contribution in [0.5, 0.6) is 0 Å². The van der Waals surface area contributed by atoms with Crippen molar-refractivity contribution < 1.29 is 13.9 Å². The molecule has 0 unspecified atom stereocenters. The van der Waals surface area contributed by atoms with Crippen LogP contribution in [0.3, 0.4) is 0 Å². The fraction of sp³-hybridized carbons (Fsp3) is 0.412. The molecule has 1 aromatic heterocycles. The average Bonchev–Trinajstić information content (AvgIpc) is 3.07. The predicted octanol–water partition coefficient (Wildman–Crippen LogP) is 3.36. The molecule has 3 heterocycles. The standard InChI is InChI=1S/C17H18ClFN4O2/c18-13-11-12(1-2-14(13)19)21-16-20-6-3-15(22-16)23-7-4-17(5-8-23)24-9-10-25-17/h1-3,6,11H,4-5,7-10H2,(H,20,21,22). The number of hydrogen-bond acceptors (Lipinski definition) is 6. The zero-order valence-corrected chi connectivity index (χ0v) is 14.3. The van der Waals surface area contributed by atoms with Crippen LogP contribution in [0.1, 0.15) is 12.8 Å². The van der Waals surface area contributed by atoms with Crippen molar-refractivity contribution >= 4 is 29.1 Å². The lowest BCUT2D eigenvalue weighted by molar-refractivity contribution is -0.169. The number of nitrogens with one attached hydrogen (secondary N) is 1. The summed E-state index contributed by atoms with van der Waals surface area (Å²) in [5.41, 5.74) is 0.633. The van der Waals surface area contributed by atoms with Crippen LogP contribution in [0, 0.1) is 5.82 Å². The topological polar surface area (TPSA) is 59.5 Å². The fourth-order valence-electron chi connectivity index (χ4n) is 3.15. The SMILES string of the molecule is Fc1ccc(Nc2nccc(N3CCC4(CC3)OCCO4)n2)cc1Cl. The van der Waals surface area contributed by atoms with E-state index < -0.39 is 11.6 Å². The number of nitrogens with zero attached hydrogens (tertiary/aromatic N) is 3. The summed E-state index contributed by atoms with van der Waals surface area (Å²) < 4.78 is 24.8. The average molecular weight is 365 g/mol. The van der Waals surface area contributed by atoms with Crippen molar-refractivity contribution in [1.29, 1.82) is 0 Å². The molecule has 132 valence electrons. The molecule has 2 saturated heterocycles. The van der Waals surface area contributed by atoms with E-state index in [1.807, 2.05) is 6.07 Å². The maximum atomic E-state index is 13.3. The number of piperidine rings is 1. The summed E-state index contributed by atoms with van der Waals surface area (Å²) in [5, 5.41) is 3.11. The van der Waals surface area contributed by atoms with Gasteiger partial charge in [-0.3, -0.25) is 0 Å². The Bertz CT molecular complexity index is 760. The van der Waals surface area contributed by atoms with E-state index in [0.29, 0.717) is 24.8 Å². The van der Waals surface area contributed by atoms with Gasteiger partial charge in [-0.25, -0.2) is 9.37 Å². The van der Waals surface area contributed by atoms with Crippen LogP contribution in [0.2, 0.25) is 5.02 Å². The maximum Gasteiger partial charge on any atom is 0.229 e. The van der Waals surface area contributed by atoms with Crippen LogP contribution in [0.25, 0.3) is 0 Å². The molecule has 0 aliphatic carbocycles. The van der Waals surface area contributed by atoms with Gasteiger partial charge in [0.25, 0.3) is 0 Å². The second-order valence-corrected chi connectivity index (χ2v) is 6.49. The lowest BCUT2D eigenvalue weighted by Crippen LogP contribution is -2.45. The van der Waals surface area contributed by atoms with Crippen molar-refractivity contribution in [3.05, 3.63) is 41.3 Å². The molecule has 8 heteroatoms. The van der Waals surface area contributed by atoms with Gasteiger partial charge < -0.3 is 19.7 Å². The van der Waals surface area contributed by atoms with Gasteiger partial charge in [-0.2, -0.15) is 4.98 Å². The number of rotatable bonds is 3. The molecule has 0 amide bonds. The largest absolute Gasteiger partial charge is 0.356 e. The van der Waals surface area contributed by atoms with E-state index in [0.717, 1.165) is 31.7 Å². The van der Waals surface area contributed by atoms with Gasteiger partial charge in [0.1, 0.15) is 11.6 Å². The van der Waals surface area contributed by atoms with Crippen molar-refractivity contribution in [2.45, 2.75) is 18.6 Å². The van der Waals surface area contributed by atoms with E-state index in [9.17, 15) is 4.39 Å². The highest BCUT2D eigenvalue weighted by Crippen LogP contribution is 2.33. The molecule has 2 aliphatic heterocycles. The van der Waals surface area contributed by atoms with Crippen LogP contribution in [0.4, 0.5) is 21.8 Å². The zero-order valence-electron chi connectivity index (χ0n) is 13.5. The van der Waals surface area contributed by atoms with Crippen molar-refractivity contribution in [2.75, 3.05) is 36.5 Å². The Balaban J connectivity index is 1.45. The molecule has 0 bridgehead atoms. The summed E-state index contributed by atoms with van der Waals surface area (Å²) in [5.74, 6) is 0.406. The van der Waals surface area contributed by atoms with E-state index in [-0.39, 0.29) is 5.02 Å². The number of benzene rings is 1. The molecule has 1 aromatic carbocycles. The summed E-state index contributed by atoms with van der Waals surface area (Å²) in [4.78, 5) is 10.9. The molecule has 0 saturated carbocycles. The summed E-state index contributed by atoms with van der Waals surface area (Å²) in [6.07, 6.45) is 3.32. The maximum absolute atomic E-state index is 13.3. The second-order valence-electron chi connectivity index (χ2n) is 6.09.